The first-order valence-corrected chi connectivity index (χ1v) is 8.61. The van der Waals surface area contributed by atoms with E-state index >= 15 is 0 Å². The van der Waals surface area contributed by atoms with Gasteiger partial charge in [-0.05, 0) is 42.5 Å². The van der Waals surface area contributed by atoms with Gasteiger partial charge in [0.1, 0.15) is 11.9 Å². The lowest BCUT2D eigenvalue weighted by atomic mass is 9.99. The van der Waals surface area contributed by atoms with Crippen molar-refractivity contribution in [3.63, 3.8) is 0 Å². The van der Waals surface area contributed by atoms with Crippen LogP contribution in [0.15, 0.2) is 54.6 Å². The van der Waals surface area contributed by atoms with Gasteiger partial charge in [-0.25, -0.2) is 4.39 Å². The number of carbonyl (C=O) groups is 1. The first-order chi connectivity index (χ1) is 12.1. The summed E-state index contributed by atoms with van der Waals surface area (Å²) >= 11 is 0. The molecule has 3 N–H and O–H groups in total. The number of aliphatic hydroxyl groups excluding tert-OH is 1. The van der Waals surface area contributed by atoms with Crippen molar-refractivity contribution in [1.82, 2.24) is 4.90 Å². The van der Waals surface area contributed by atoms with Gasteiger partial charge in [0.25, 0.3) is 0 Å². The molecule has 0 spiro atoms. The Bertz CT molecular complexity index is 705. The molecule has 4 nitrogen and oxygen atoms in total. The molecule has 0 aromatic heterocycles. The zero-order valence-corrected chi connectivity index (χ0v) is 14.0. The lowest BCUT2D eigenvalue weighted by Gasteiger charge is -2.29. The van der Waals surface area contributed by atoms with Gasteiger partial charge in [-0.2, -0.15) is 0 Å². The molecular weight excluding hydrogens is 319 g/mol. The number of nitrogens with two attached hydrogens (primary N) is 1. The van der Waals surface area contributed by atoms with E-state index in [-0.39, 0.29) is 17.8 Å². The van der Waals surface area contributed by atoms with Crippen LogP contribution < -0.4 is 5.73 Å². The lowest BCUT2D eigenvalue weighted by Crippen LogP contribution is -2.42. The molecule has 1 saturated heterocycles. The number of hydrogen-bond acceptors (Lipinski definition) is 3. The summed E-state index contributed by atoms with van der Waals surface area (Å²) < 4.78 is 13.0. The van der Waals surface area contributed by atoms with Crippen LogP contribution in [0.4, 0.5) is 4.39 Å². The summed E-state index contributed by atoms with van der Waals surface area (Å²) in [5, 5.41) is 10.4. The molecule has 25 heavy (non-hydrogen) atoms. The topological polar surface area (TPSA) is 66.6 Å². The summed E-state index contributed by atoms with van der Waals surface area (Å²) in [6.45, 7) is 0.653. The number of likely N-dealkylation sites (tertiary alicyclic amines) is 1. The van der Waals surface area contributed by atoms with Gasteiger partial charge in [0, 0.05) is 12.6 Å². The van der Waals surface area contributed by atoms with Crippen LogP contribution in [0.1, 0.15) is 42.5 Å². The SMILES string of the molecule is NC(C(=O)N1CCCC1CC(O)c1ccc(F)cc1)c1ccccc1. The van der Waals surface area contributed by atoms with Crippen LogP contribution in [-0.2, 0) is 4.79 Å². The van der Waals surface area contributed by atoms with E-state index < -0.39 is 12.1 Å². The fourth-order valence-corrected chi connectivity index (χ4v) is 3.43. The minimum atomic E-state index is -0.730. The molecule has 2 aromatic rings. The molecule has 0 aliphatic carbocycles. The molecule has 0 radical (unpaired) electrons. The van der Waals surface area contributed by atoms with E-state index in [1.807, 2.05) is 30.3 Å². The Labute approximate surface area is 147 Å². The molecule has 5 heteroatoms. The first kappa shape index (κ1) is 17.6. The van der Waals surface area contributed by atoms with Gasteiger partial charge in [-0.3, -0.25) is 4.79 Å². The number of rotatable bonds is 5. The predicted molar refractivity (Wildman–Crippen MR) is 94.1 cm³/mol. The van der Waals surface area contributed by atoms with Crippen molar-refractivity contribution in [2.24, 2.45) is 5.73 Å². The fraction of sp³-hybridized carbons (Fsp3) is 0.350. The van der Waals surface area contributed by atoms with E-state index in [0.717, 1.165) is 18.4 Å². The standard InChI is InChI=1S/C20H23FN2O2/c21-16-10-8-14(9-11-16)18(24)13-17-7-4-12-23(17)20(25)19(22)15-5-2-1-3-6-15/h1-3,5-6,8-11,17-19,24H,4,7,12-13,22H2. The molecule has 0 saturated carbocycles. The highest BCUT2D eigenvalue weighted by Gasteiger charge is 2.33. The van der Waals surface area contributed by atoms with Gasteiger partial charge in [-0.15, -0.1) is 0 Å². The summed E-state index contributed by atoms with van der Waals surface area (Å²) in [5.74, 6) is -0.442. The highest BCUT2D eigenvalue weighted by atomic mass is 19.1. The van der Waals surface area contributed by atoms with Gasteiger partial charge >= 0.3 is 0 Å². The molecule has 0 bridgehead atoms. The van der Waals surface area contributed by atoms with Gasteiger partial charge in [0.2, 0.25) is 5.91 Å². The highest BCUT2D eigenvalue weighted by molar-refractivity contribution is 5.83. The second-order valence-corrected chi connectivity index (χ2v) is 6.52. The van der Waals surface area contributed by atoms with E-state index in [0.29, 0.717) is 18.5 Å². The number of halogens is 1. The Morgan fingerprint density at radius 2 is 1.84 bits per heavy atom. The van der Waals surface area contributed by atoms with Gasteiger partial charge in [-0.1, -0.05) is 42.5 Å². The van der Waals surface area contributed by atoms with Crippen LogP contribution in [0.5, 0.6) is 0 Å². The lowest BCUT2D eigenvalue weighted by molar-refractivity contribution is -0.134. The summed E-state index contributed by atoms with van der Waals surface area (Å²) in [7, 11) is 0. The smallest absolute Gasteiger partial charge is 0.244 e. The molecule has 1 amide bonds. The van der Waals surface area contributed by atoms with Gasteiger partial charge in [0.05, 0.1) is 6.10 Å². The van der Waals surface area contributed by atoms with Crippen molar-refractivity contribution < 1.29 is 14.3 Å². The van der Waals surface area contributed by atoms with E-state index in [2.05, 4.69) is 0 Å². The number of aliphatic hydroxyl groups is 1. The molecule has 1 heterocycles. The van der Waals surface area contributed by atoms with Crippen LogP contribution >= 0.6 is 0 Å². The summed E-state index contributed by atoms with van der Waals surface area (Å²) in [5.41, 5.74) is 7.59. The van der Waals surface area contributed by atoms with Crippen LogP contribution in [0, 0.1) is 5.82 Å². The van der Waals surface area contributed by atoms with Crippen molar-refractivity contribution in [3.05, 3.63) is 71.5 Å². The maximum absolute atomic E-state index is 13.0. The predicted octanol–water partition coefficient (Wildman–Crippen LogP) is 2.94. The zero-order chi connectivity index (χ0) is 17.8. The Kier molecular flexibility index (Phi) is 5.46. The maximum atomic E-state index is 13.0. The maximum Gasteiger partial charge on any atom is 0.244 e. The third-order valence-corrected chi connectivity index (χ3v) is 4.84. The van der Waals surface area contributed by atoms with E-state index in [9.17, 15) is 14.3 Å². The number of hydrogen-bond donors (Lipinski definition) is 2. The molecule has 1 fully saturated rings. The molecule has 2 aromatic carbocycles. The summed E-state index contributed by atoms with van der Waals surface area (Å²) in [6, 6.07) is 14.4. The first-order valence-electron chi connectivity index (χ1n) is 8.61. The fourth-order valence-electron chi connectivity index (χ4n) is 3.43. The largest absolute Gasteiger partial charge is 0.388 e. The molecular formula is C20H23FN2O2. The number of benzene rings is 2. The number of nitrogens with zero attached hydrogens (tertiary/aromatic N) is 1. The minimum absolute atomic E-state index is 0.0534. The van der Waals surface area contributed by atoms with Crippen LogP contribution in [-0.4, -0.2) is 28.5 Å². The molecule has 3 rings (SSSR count). The molecule has 3 unspecified atom stereocenters. The molecule has 1 aliphatic rings. The van der Waals surface area contributed by atoms with Crippen LogP contribution in [0.25, 0.3) is 0 Å². The Hall–Kier alpha value is -2.24. The van der Waals surface area contributed by atoms with Crippen molar-refractivity contribution in [3.8, 4) is 0 Å². The monoisotopic (exact) mass is 342 g/mol. The third kappa shape index (κ3) is 4.06. The van der Waals surface area contributed by atoms with Crippen molar-refractivity contribution in [2.75, 3.05) is 6.54 Å². The minimum Gasteiger partial charge on any atom is -0.388 e. The second kappa shape index (κ2) is 7.76. The Morgan fingerprint density at radius 1 is 1.16 bits per heavy atom. The van der Waals surface area contributed by atoms with Crippen LogP contribution in [0.3, 0.4) is 0 Å². The normalized spacial score (nSPS) is 19.6. The van der Waals surface area contributed by atoms with Crippen molar-refractivity contribution in [2.45, 2.75) is 37.5 Å². The van der Waals surface area contributed by atoms with Crippen LogP contribution in [0.2, 0.25) is 0 Å². The van der Waals surface area contributed by atoms with E-state index in [1.54, 1.807) is 17.0 Å². The second-order valence-electron chi connectivity index (χ2n) is 6.52. The van der Waals surface area contributed by atoms with Gasteiger partial charge in [0.15, 0.2) is 0 Å². The third-order valence-electron chi connectivity index (χ3n) is 4.84. The van der Waals surface area contributed by atoms with E-state index in [1.165, 1.54) is 12.1 Å². The molecule has 132 valence electrons. The summed E-state index contributed by atoms with van der Waals surface area (Å²) in [6.07, 6.45) is 1.44. The Morgan fingerprint density at radius 3 is 2.52 bits per heavy atom. The highest BCUT2D eigenvalue weighted by Crippen LogP contribution is 2.29. The average molecular weight is 342 g/mol. The Balaban J connectivity index is 1.67. The average Bonchev–Trinajstić information content (AvgIpc) is 3.09. The summed E-state index contributed by atoms with van der Waals surface area (Å²) in [4.78, 5) is 14.6. The van der Waals surface area contributed by atoms with Crippen molar-refractivity contribution >= 4 is 5.91 Å². The van der Waals surface area contributed by atoms with Gasteiger partial charge < -0.3 is 15.7 Å². The molecule has 3 atom stereocenters. The molecule has 1 aliphatic heterocycles. The number of amides is 1. The zero-order valence-electron chi connectivity index (χ0n) is 14.0. The quantitative estimate of drug-likeness (QED) is 0.878. The van der Waals surface area contributed by atoms with E-state index in [4.69, 9.17) is 5.73 Å². The van der Waals surface area contributed by atoms with Crippen molar-refractivity contribution in [1.29, 1.82) is 0 Å². The number of carbonyl (C=O) groups excluding carboxylic acids is 1.